The van der Waals surface area contributed by atoms with Crippen molar-refractivity contribution in [2.45, 2.75) is 38.3 Å². The molecule has 1 aliphatic carbocycles. The maximum atomic E-state index is 12.3. The molecule has 2 fully saturated rings. The van der Waals surface area contributed by atoms with Gasteiger partial charge in [0.05, 0.1) is 5.41 Å². The molecule has 5 rings (SSSR count). The minimum Gasteiger partial charge on any atom is -0.369 e. The van der Waals surface area contributed by atoms with Gasteiger partial charge in [-0.05, 0) is 73.6 Å². The second kappa shape index (κ2) is 6.71. The third kappa shape index (κ3) is 2.78. The van der Waals surface area contributed by atoms with Gasteiger partial charge < -0.3 is 10.6 Å². The molecule has 2 aliphatic heterocycles. The first-order valence-electron chi connectivity index (χ1n) is 10.5. The molecule has 0 spiro atoms. The van der Waals surface area contributed by atoms with Gasteiger partial charge in [-0.15, -0.1) is 0 Å². The predicted molar refractivity (Wildman–Crippen MR) is 112 cm³/mol. The smallest absolute Gasteiger partial charge is 0.225 e. The summed E-state index contributed by atoms with van der Waals surface area (Å²) in [6, 6.07) is 15.9. The van der Waals surface area contributed by atoms with Crippen LogP contribution < -0.4 is 5.73 Å². The highest BCUT2D eigenvalue weighted by molar-refractivity contribution is 5.82. The summed E-state index contributed by atoms with van der Waals surface area (Å²) >= 11 is 0. The standard InChI is InChI=1S/C24H29N3O/c1-26-11-4-9-24(23(25)28)10-12-27(16-22(24)26)15-17-7-8-21-19(13-17)14-18-5-2-3-6-20(18)21/h2-3,5-8,13,22H,4,9-12,14-16H2,1H3,(H2,25,28)/t22-,24+/m0/s1. The monoisotopic (exact) mass is 375 g/mol. The van der Waals surface area contributed by atoms with Crippen LogP contribution in [0, 0.1) is 5.41 Å². The van der Waals surface area contributed by atoms with Crippen molar-refractivity contribution in [3.63, 3.8) is 0 Å². The number of fused-ring (bicyclic) bond motifs is 4. The number of hydrogen-bond donors (Lipinski definition) is 1. The third-order valence-electron chi connectivity index (χ3n) is 7.36. The Morgan fingerprint density at radius 2 is 1.93 bits per heavy atom. The molecule has 28 heavy (non-hydrogen) atoms. The average Bonchev–Trinajstić information content (AvgIpc) is 3.06. The lowest BCUT2D eigenvalue weighted by atomic mass is 9.68. The van der Waals surface area contributed by atoms with Crippen molar-refractivity contribution in [2.75, 3.05) is 26.7 Å². The van der Waals surface area contributed by atoms with E-state index in [2.05, 4.69) is 59.3 Å². The second-order valence-corrected chi connectivity index (χ2v) is 8.93. The predicted octanol–water partition coefficient (Wildman–Crippen LogP) is 3.03. The normalized spacial score (nSPS) is 27.1. The van der Waals surface area contributed by atoms with Crippen molar-refractivity contribution in [3.8, 4) is 11.1 Å². The number of likely N-dealkylation sites (tertiary alicyclic amines) is 2. The van der Waals surface area contributed by atoms with Gasteiger partial charge in [-0.1, -0.05) is 42.5 Å². The van der Waals surface area contributed by atoms with Gasteiger partial charge in [-0.25, -0.2) is 0 Å². The Bertz CT molecular complexity index is 924. The Morgan fingerprint density at radius 1 is 1.11 bits per heavy atom. The molecule has 4 heteroatoms. The Labute approximate surface area is 167 Å². The van der Waals surface area contributed by atoms with Crippen molar-refractivity contribution in [1.82, 2.24) is 9.80 Å². The summed E-state index contributed by atoms with van der Waals surface area (Å²) in [5.74, 6) is -0.0982. The van der Waals surface area contributed by atoms with E-state index in [-0.39, 0.29) is 17.4 Å². The zero-order valence-corrected chi connectivity index (χ0v) is 16.7. The van der Waals surface area contributed by atoms with E-state index in [0.29, 0.717) is 0 Å². The van der Waals surface area contributed by atoms with Crippen LogP contribution in [0.5, 0.6) is 0 Å². The van der Waals surface area contributed by atoms with Crippen LogP contribution in [-0.4, -0.2) is 48.4 Å². The second-order valence-electron chi connectivity index (χ2n) is 8.93. The van der Waals surface area contributed by atoms with Crippen LogP contribution in [0.25, 0.3) is 11.1 Å². The zero-order valence-electron chi connectivity index (χ0n) is 16.7. The summed E-state index contributed by atoms with van der Waals surface area (Å²) in [7, 11) is 2.15. The molecule has 2 atom stereocenters. The van der Waals surface area contributed by atoms with Crippen LogP contribution in [0.2, 0.25) is 0 Å². The molecular weight excluding hydrogens is 346 g/mol. The van der Waals surface area contributed by atoms with E-state index < -0.39 is 0 Å². The first-order chi connectivity index (χ1) is 13.6. The topological polar surface area (TPSA) is 49.6 Å². The van der Waals surface area contributed by atoms with E-state index in [1.807, 2.05) is 0 Å². The van der Waals surface area contributed by atoms with Crippen LogP contribution in [0.1, 0.15) is 36.0 Å². The summed E-state index contributed by atoms with van der Waals surface area (Å²) < 4.78 is 0. The molecule has 2 saturated heterocycles. The molecule has 0 aromatic heterocycles. The number of nitrogens with two attached hydrogens (primary N) is 1. The third-order valence-corrected chi connectivity index (χ3v) is 7.36. The van der Waals surface area contributed by atoms with E-state index in [1.54, 1.807) is 0 Å². The minimum absolute atomic E-state index is 0.0982. The van der Waals surface area contributed by atoms with Crippen molar-refractivity contribution in [2.24, 2.45) is 11.1 Å². The molecule has 1 amide bonds. The van der Waals surface area contributed by atoms with Crippen molar-refractivity contribution < 1.29 is 4.79 Å². The lowest BCUT2D eigenvalue weighted by Crippen LogP contribution is -2.64. The summed E-state index contributed by atoms with van der Waals surface area (Å²) in [5.41, 5.74) is 12.6. The lowest BCUT2D eigenvalue weighted by Gasteiger charge is -2.52. The number of likely N-dealkylation sites (N-methyl/N-ethyl adjacent to an activating group) is 1. The number of hydrogen-bond acceptors (Lipinski definition) is 3. The Morgan fingerprint density at radius 3 is 2.79 bits per heavy atom. The van der Waals surface area contributed by atoms with Gasteiger partial charge in [0.25, 0.3) is 0 Å². The number of carbonyl (C=O) groups excluding carboxylic acids is 1. The fraction of sp³-hybridized carbons (Fsp3) is 0.458. The Balaban J connectivity index is 1.34. The molecular formula is C24H29N3O. The molecule has 0 radical (unpaired) electrons. The first kappa shape index (κ1) is 17.9. The SMILES string of the molecule is CN1CCC[C@@]2(C(N)=O)CCN(Cc3ccc4c(c3)Cc3ccccc3-4)C[C@H]12. The number of primary amides is 1. The molecule has 2 N–H and O–H groups in total. The summed E-state index contributed by atoms with van der Waals surface area (Å²) in [4.78, 5) is 17.2. The fourth-order valence-electron chi connectivity index (χ4n) is 5.80. The van der Waals surface area contributed by atoms with E-state index in [1.165, 1.54) is 27.8 Å². The summed E-state index contributed by atoms with van der Waals surface area (Å²) in [6.07, 6.45) is 3.94. The molecule has 2 aromatic carbocycles. The largest absolute Gasteiger partial charge is 0.369 e. The maximum Gasteiger partial charge on any atom is 0.225 e. The van der Waals surface area contributed by atoms with Crippen LogP contribution >= 0.6 is 0 Å². The van der Waals surface area contributed by atoms with E-state index in [9.17, 15) is 4.79 Å². The van der Waals surface area contributed by atoms with Crippen molar-refractivity contribution in [3.05, 3.63) is 59.2 Å². The van der Waals surface area contributed by atoms with Crippen LogP contribution in [0.3, 0.4) is 0 Å². The molecule has 2 heterocycles. The first-order valence-corrected chi connectivity index (χ1v) is 10.5. The average molecular weight is 376 g/mol. The molecule has 3 aliphatic rings. The highest BCUT2D eigenvalue weighted by atomic mass is 16.1. The molecule has 4 nitrogen and oxygen atoms in total. The number of rotatable bonds is 3. The fourth-order valence-corrected chi connectivity index (χ4v) is 5.80. The summed E-state index contributed by atoms with van der Waals surface area (Å²) in [5, 5.41) is 0. The van der Waals surface area contributed by atoms with Gasteiger partial charge in [0.15, 0.2) is 0 Å². The van der Waals surface area contributed by atoms with E-state index in [4.69, 9.17) is 5.73 Å². The van der Waals surface area contributed by atoms with E-state index >= 15 is 0 Å². The highest BCUT2D eigenvalue weighted by Gasteiger charge is 2.50. The van der Waals surface area contributed by atoms with Gasteiger partial charge in [-0.3, -0.25) is 9.69 Å². The minimum atomic E-state index is -0.330. The molecule has 0 unspecified atom stereocenters. The molecule has 0 saturated carbocycles. The maximum absolute atomic E-state index is 12.3. The van der Waals surface area contributed by atoms with Crippen LogP contribution in [-0.2, 0) is 17.8 Å². The number of piperidine rings is 2. The van der Waals surface area contributed by atoms with Gasteiger partial charge in [-0.2, -0.15) is 0 Å². The van der Waals surface area contributed by atoms with Gasteiger partial charge in [0, 0.05) is 19.1 Å². The zero-order chi connectivity index (χ0) is 19.3. The molecule has 0 bridgehead atoms. The van der Waals surface area contributed by atoms with Gasteiger partial charge in [0.2, 0.25) is 5.91 Å². The van der Waals surface area contributed by atoms with Crippen molar-refractivity contribution in [1.29, 1.82) is 0 Å². The van der Waals surface area contributed by atoms with Crippen LogP contribution in [0.15, 0.2) is 42.5 Å². The summed E-state index contributed by atoms with van der Waals surface area (Å²) in [6.45, 7) is 3.88. The highest BCUT2D eigenvalue weighted by Crippen LogP contribution is 2.42. The number of carbonyl (C=O) groups is 1. The van der Waals surface area contributed by atoms with Crippen LogP contribution in [0.4, 0.5) is 0 Å². The Kier molecular flexibility index (Phi) is 4.29. The van der Waals surface area contributed by atoms with Gasteiger partial charge in [0.1, 0.15) is 0 Å². The van der Waals surface area contributed by atoms with E-state index in [0.717, 1.165) is 51.9 Å². The van der Waals surface area contributed by atoms with Gasteiger partial charge >= 0.3 is 0 Å². The number of nitrogens with zero attached hydrogens (tertiary/aromatic N) is 2. The van der Waals surface area contributed by atoms with Crippen molar-refractivity contribution >= 4 is 5.91 Å². The molecule has 146 valence electrons. The Hall–Kier alpha value is -2.17. The quantitative estimate of drug-likeness (QED) is 0.766. The lowest BCUT2D eigenvalue weighted by molar-refractivity contribution is -0.140. The number of amides is 1. The number of benzene rings is 2. The molecule has 2 aromatic rings.